The lowest BCUT2D eigenvalue weighted by Gasteiger charge is -2.10. The summed E-state index contributed by atoms with van der Waals surface area (Å²) in [6.07, 6.45) is 0. The van der Waals surface area contributed by atoms with Gasteiger partial charge in [-0.2, -0.15) is 4.98 Å². The average Bonchev–Trinajstić information content (AvgIpc) is 3.37. The van der Waals surface area contributed by atoms with E-state index in [-0.39, 0.29) is 23.4 Å². The fourth-order valence-electron chi connectivity index (χ4n) is 3.06. The summed E-state index contributed by atoms with van der Waals surface area (Å²) < 4.78 is 5.87. The van der Waals surface area contributed by atoms with Crippen LogP contribution in [-0.4, -0.2) is 20.9 Å². The molecule has 0 saturated heterocycles. The van der Waals surface area contributed by atoms with Crippen LogP contribution >= 0.6 is 11.3 Å². The van der Waals surface area contributed by atoms with E-state index in [0.29, 0.717) is 28.1 Å². The van der Waals surface area contributed by atoms with Crippen LogP contribution < -0.4 is 5.32 Å². The zero-order valence-corrected chi connectivity index (χ0v) is 16.5. The van der Waals surface area contributed by atoms with Crippen molar-refractivity contribution in [1.82, 2.24) is 4.98 Å². The molecule has 0 atom stereocenters. The van der Waals surface area contributed by atoms with Gasteiger partial charge in [0, 0.05) is 24.1 Å². The van der Waals surface area contributed by atoms with Gasteiger partial charge in [0.25, 0.3) is 5.69 Å². The first-order valence-corrected chi connectivity index (χ1v) is 9.71. The van der Waals surface area contributed by atoms with Crippen LogP contribution in [0.25, 0.3) is 33.0 Å². The number of aromatic nitrogens is 1. The third-order valence-corrected chi connectivity index (χ3v) is 5.20. The lowest BCUT2D eigenvalue weighted by molar-refractivity contribution is -0.384. The van der Waals surface area contributed by atoms with E-state index in [0.717, 1.165) is 10.9 Å². The first kappa shape index (κ1) is 19.3. The van der Waals surface area contributed by atoms with Gasteiger partial charge in [0.1, 0.15) is 11.4 Å². The molecule has 9 heteroatoms. The van der Waals surface area contributed by atoms with Crippen molar-refractivity contribution in [3.05, 3.63) is 70.1 Å². The number of aromatic hydroxyl groups is 1. The predicted octanol–water partition coefficient (Wildman–Crippen LogP) is 5.31. The Hall–Kier alpha value is -3.98. The van der Waals surface area contributed by atoms with Gasteiger partial charge in [0.2, 0.25) is 5.91 Å². The number of hydrogen-bond acceptors (Lipinski definition) is 7. The molecule has 0 unspecified atom stereocenters. The summed E-state index contributed by atoms with van der Waals surface area (Å²) in [7, 11) is 0. The van der Waals surface area contributed by atoms with Gasteiger partial charge in [-0.3, -0.25) is 20.2 Å². The number of benzene rings is 2. The summed E-state index contributed by atoms with van der Waals surface area (Å²) in [6, 6.07) is 14.9. The zero-order chi connectivity index (χ0) is 21.3. The predicted molar refractivity (Wildman–Crippen MR) is 113 cm³/mol. The summed E-state index contributed by atoms with van der Waals surface area (Å²) in [5.74, 6) is -0.132. The van der Waals surface area contributed by atoms with Crippen molar-refractivity contribution in [2.45, 2.75) is 6.92 Å². The smallest absolute Gasteiger partial charge is 0.302 e. The number of carbonyl (C=O) groups is 1. The first-order chi connectivity index (χ1) is 14.4. The monoisotopic (exact) mass is 421 g/mol. The molecule has 0 bridgehead atoms. The highest BCUT2D eigenvalue weighted by atomic mass is 32.1. The van der Waals surface area contributed by atoms with E-state index in [1.807, 2.05) is 17.5 Å². The summed E-state index contributed by atoms with van der Waals surface area (Å²) in [4.78, 5) is 27.2. The summed E-state index contributed by atoms with van der Waals surface area (Å²) >= 11 is 1.47. The molecule has 0 aliphatic carbocycles. The number of carbonyl (C=O) groups excluding carboxylic acids is 1. The minimum absolute atomic E-state index is 0.0589. The number of hydrogen-bond donors (Lipinski definition) is 2. The molecule has 2 aromatic heterocycles. The van der Waals surface area contributed by atoms with Crippen molar-refractivity contribution < 1.29 is 19.2 Å². The van der Waals surface area contributed by atoms with E-state index >= 15 is 0 Å². The SMILES string of the molecule is CC(=O)Nc1nc(-c2cccs2)c(-c2ccccc2-c2ccc([N+](=O)[O-])cc2O)o1. The number of phenols is 1. The summed E-state index contributed by atoms with van der Waals surface area (Å²) in [5.41, 5.74) is 1.97. The lowest BCUT2D eigenvalue weighted by atomic mass is 9.96. The summed E-state index contributed by atoms with van der Waals surface area (Å²) in [6.45, 7) is 1.36. The number of rotatable bonds is 5. The molecule has 2 N–H and O–H groups in total. The minimum Gasteiger partial charge on any atom is -0.507 e. The van der Waals surface area contributed by atoms with Crippen molar-refractivity contribution in [3.63, 3.8) is 0 Å². The van der Waals surface area contributed by atoms with E-state index < -0.39 is 4.92 Å². The molecule has 0 radical (unpaired) electrons. The molecular weight excluding hydrogens is 406 g/mol. The van der Waals surface area contributed by atoms with Crippen molar-refractivity contribution in [1.29, 1.82) is 0 Å². The van der Waals surface area contributed by atoms with Gasteiger partial charge >= 0.3 is 6.01 Å². The maximum atomic E-state index is 11.5. The minimum atomic E-state index is -0.569. The normalized spacial score (nSPS) is 10.7. The molecule has 2 aromatic carbocycles. The third-order valence-electron chi connectivity index (χ3n) is 4.32. The van der Waals surface area contributed by atoms with Gasteiger partial charge < -0.3 is 9.52 Å². The molecular formula is C21H15N3O5S. The molecule has 0 spiro atoms. The fourth-order valence-corrected chi connectivity index (χ4v) is 3.78. The van der Waals surface area contributed by atoms with Crippen LogP contribution in [0.5, 0.6) is 5.75 Å². The number of nitrogens with one attached hydrogen (secondary N) is 1. The number of nitro groups is 1. The molecule has 0 fully saturated rings. The van der Waals surface area contributed by atoms with E-state index in [1.165, 1.54) is 30.4 Å². The Morgan fingerprint density at radius 2 is 1.90 bits per heavy atom. The van der Waals surface area contributed by atoms with Crippen LogP contribution in [0.1, 0.15) is 6.92 Å². The van der Waals surface area contributed by atoms with Gasteiger partial charge in [-0.05, 0) is 23.1 Å². The molecule has 0 saturated carbocycles. The van der Waals surface area contributed by atoms with Crippen molar-refractivity contribution >= 4 is 28.9 Å². The second-order valence-electron chi connectivity index (χ2n) is 6.36. The van der Waals surface area contributed by atoms with Crippen LogP contribution in [0.4, 0.5) is 11.7 Å². The highest BCUT2D eigenvalue weighted by Gasteiger charge is 2.22. The van der Waals surface area contributed by atoms with Gasteiger partial charge in [0.05, 0.1) is 15.9 Å². The number of phenolic OH excluding ortho intramolecular Hbond substituents is 1. The Bertz CT molecular complexity index is 1250. The Morgan fingerprint density at radius 1 is 1.13 bits per heavy atom. The maximum absolute atomic E-state index is 11.5. The zero-order valence-electron chi connectivity index (χ0n) is 15.7. The summed E-state index contributed by atoms with van der Waals surface area (Å²) in [5, 5.41) is 25.9. The van der Waals surface area contributed by atoms with Gasteiger partial charge in [-0.1, -0.05) is 30.3 Å². The maximum Gasteiger partial charge on any atom is 0.302 e. The standard InChI is InChI=1S/C21H15N3O5S/c1-12(25)22-21-23-19(18-7-4-10-30-18)20(29-21)16-6-3-2-5-14(16)15-9-8-13(24(27)28)11-17(15)26/h2-11,26H,1H3,(H,22,23,25). The molecule has 0 aliphatic heterocycles. The van der Waals surface area contributed by atoms with Crippen LogP contribution in [0.2, 0.25) is 0 Å². The first-order valence-electron chi connectivity index (χ1n) is 8.83. The molecule has 1 amide bonds. The van der Waals surface area contributed by atoms with E-state index in [2.05, 4.69) is 10.3 Å². The lowest BCUT2D eigenvalue weighted by Crippen LogP contribution is -2.05. The molecule has 150 valence electrons. The molecule has 30 heavy (non-hydrogen) atoms. The van der Waals surface area contributed by atoms with Crippen molar-refractivity contribution in [3.8, 4) is 38.8 Å². The van der Waals surface area contributed by atoms with Crippen LogP contribution in [0.3, 0.4) is 0 Å². The van der Waals surface area contributed by atoms with E-state index in [1.54, 1.807) is 24.3 Å². The van der Waals surface area contributed by atoms with Gasteiger partial charge in [0.15, 0.2) is 5.76 Å². The number of thiophene rings is 1. The van der Waals surface area contributed by atoms with Gasteiger partial charge in [-0.15, -0.1) is 11.3 Å². The Kier molecular flexibility index (Phi) is 5.03. The number of nitrogens with zero attached hydrogens (tertiary/aromatic N) is 2. The van der Waals surface area contributed by atoms with Crippen molar-refractivity contribution in [2.75, 3.05) is 5.32 Å². The second kappa shape index (κ2) is 7.80. The van der Waals surface area contributed by atoms with E-state index in [4.69, 9.17) is 4.42 Å². The van der Waals surface area contributed by atoms with Crippen LogP contribution in [0, 0.1) is 10.1 Å². The molecule has 0 aliphatic rings. The Morgan fingerprint density at radius 3 is 2.53 bits per heavy atom. The van der Waals surface area contributed by atoms with Crippen LogP contribution in [0.15, 0.2) is 64.4 Å². The number of nitro benzene ring substituents is 1. The molecule has 4 aromatic rings. The van der Waals surface area contributed by atoms with Crippen LogP contribution in [-0.2, 0) is 4.79 Å². The highest BCUT2D eigenvalue weighted by Crippen LogP contribution is 2.43. The molecule has 4 rings (SSSR count). The fraction of sp³-hybridized carbons (Fsp3) is 0.0476. The number of anilines is 1. The largest absolute Gasteiger partial charge is 0.507 e. The highest BCUT2D eigenvalue weighted by molar-refractivity contribution is 7.13. The molecule has 2 heterocycles. The topological polar surface area (TPSA) is 118 Å². The average molecular weight is 421 g/mol. The third kappa shape index (κ3) is 3.65. The Labute approximate surface area is 174 Å². The van der Waals surface area contributed by atoms with Gasteiger partial charge in [-0.25, -0.2) is 0 Å². The number of non-ortho nitro benzene ring substituents is 1. The number of oxazole rings is 1. The van der Waals surface area contributed by atoms with E-state index in [9.17, 15) is 20.0 Å². The second-order valence-corrected chi connectivity index (χ2v) is 7.31. The number of amides is 1. The van der Waals surface area contributed by atoms with Crippen molar-refractivity contribution in [2.24, 2.45) is 0 Å². The molecule has 8 nitrogen and oxygen atoms in total. The quantitative estimate of drug-likeness (QED) is 0.333. The Balaban J connectivity index is 1.90.